The average molecular weight is 463 g/mol. The van der Waals surface area contributed by atoms with Gasteiger partial charge in [-0.05, 0) is 30.3 Å². The Morgan fingerprint density at radius 3 is 2.20 bits per heavy atom. The second-order valence-electron chi connectivity index (χ2n) is 7.68. The molecule has 0 unspecified atom stereocenters. The van der Waals surface area contributed by atoms with E-state index in [0.717, 1.165) is 0 Å². The number of ether oxygens (including phenoxy) is 2. The van der Waals surface area contributed by atoms with Crippen molar-refractivity contribution < 1.29 is 19.1 Å². The summed E-state index contributed by atoms with van der Waals surface area (Å²) in [5, 5.41) is 9.76. The molecule has 8 heteroatoms. The zero-order chi connectivity index (χ0) is 24.4. The first-order valence-corrected chi connectivity index (χ1v) is 10.8. The highest BCUT2D eigenvalue weighted by molar-refractivity contribution is 5.92. The highest BCUT2D eigenvalue weighted by Crippen LogP contribution is 2.44. The van der Waals surface area contributed by atoms with Gasteiger partial charge in [-0.1, -0.05) is 42.5 Å². The third kappa shape index (κ3) is 3.96. The summed E-state index contributed by atoms with van der Waals surface area (Å²) in [7, 11) is 0. The SMILES string of the molecule is N#Cc1ccccc1-c1c2c(-c3ccccn3)c(n(-c3ccccc3)c1=O)OC(=O)CCC(=O)O2. The summed E-state index contributed by atoms with van der Waals surface area (Å²) in [5.74, 6) is -1.63. The molecule has 0 N–H and O–H groups in total. The molecule has 0 radical (unpaired) electrons. The van der Waals surface area contributed by atoms with Crippen molar-refractivity contribution in [3.05, 3.63) is 94.9 Å². The lowest BCUT2D eigenvalue weighted by atomic mass is 9.97. The molecule has 0 saturated heterocycles. The van der Waals surface area contributed by atoms with Crippen LogP contribution in [0.4, 0.5) is 0 Å². The van der Waals surface area contributed by atoms with Crippen LogP contribution in [0.2, 0.25) is 0 Å². The maximum Gasteiger partial charge on any atom is 0.313 e. The number of nitriles is 1. The molecule has 35 heavy (non-hydrogen) atoms. The molecule has 0 saturated carbocycles. The molecule has 5 rings (SSSR count). The van der Waals surface area contributed by atoms with Crippen LogP contribution in [0.15, 0.2) is 83.8 Å². The third-order valence-corrected chi connectivity index (χ3v) is 5.50. The van der Waals surface area contributed by atoms with Gasteiger partial charge in [0.1, 0.15) is 5.56 Å². The number of nitrogens with zero attached hydrogens (tertiary/aromatic N) is 3. The molecule has 8 nitrogen and oxygen atoms in total. The van der Waals surface area contributed by atoms with Crippen LogP contribution in [-0.2, 0) is 9.59 Å². The van der Waals surface area contributed by atoms with Gasteiger partial charge in [-0.3, -0.25) is 19.4 Å². The minimum Gasteiger partial charge on any atom is -0.425 e. The van der Waals surface area contributed by atoms with E-state index >= 15 is 0 Å². The summed E-state index contributed by atoms with van der Waals surface area (Å²) in [5.41, 5.74) is 0.758. The second-order valence-corrected chi connectivity index (χ2v) is 7.68. The molecule has 2 aromatic carbocycles. The fraction of sp³-hybridized carbons (Fsp3) is 0.0741. The fourth-order valence-electron chi connectivity index (χ4n) is 3.95. The monoisotopic (exact) mass is 463 g/mol. The number of esters is 2. The molecule has 0 fully saturated rings. The predicted octanol–water partition coefficient (Wildman–Crippen LogP) is 4.04. The zero-order valence-electron chi connectivity index (χ0n) is 18.3. The number of carbonyl (C=O) groups excluding carboxylic acids is 2. The van der Waals surface area contributed by atoms with Crippen LogP contribution >= 0.6 is 0 Å². The average Bonchev–Trinajstić information content (AvgIpc) is 2.93. The van der Waals surface area contributed by atoms with E-state index in [9.17, 15) is 19.6 Å². The molecule has 1 aliphatic heterocycles. The number of rotatable bonds is 3. The maximum atomic E-state index is 14.1. The van der Waals surface area contributed by atoms with Crippen LogP contribution in [0.1, 0.15) is 18.4 Å². The number of benzene rings is 2. The van der Waals surface area contributed by atoms with E-state index < -0.39 is 17.5 Å². The number of hydrogen-bond acceptors (Lipinski definition) is 7. The lowest BCUT2D eigenvalue weighted by molar-refractivity contribution is -0.140. The Morgan fingerprint density at radius 2 is 1.49 bits per heavy atom. The Hall–Kier alpha value is -5.03. The van der Waals surface area contributed by atoms with Gasteiger partial charge in [0.15, 0.2) is 5.75 Å². The van der Waals surface area contributed by atoms with Crippen LogP contribution in [0.25, 0.3) is 28.1 Å². The Kier molecular flexibility index (Phi) is 5.65. The smallest absolute Gasteiger partial charge is 0.313 e. The van der Waals surface area contributed by atoms with E-state index in [1.807, 2.05) is 0 Å². The van der Waals surface area contributed by atoms with E-state index in [0.29, 0.717) is 11.4 Å². The summed E-state index contributed by atoms with van der Waals surface area (Å²) in [4.78, 5) is 43.8. The Balaban J connectivity index is 2.02. The quantitative estimate of drug-likeness (QED) is 0.422. The van der Waals surface area contributed by atoms with E-state index in [4.69, 9.17) is 9.47 Å². The largest absolute Gasteiger partial charge is 0.425 e. The van der Waals surface area contributed by atoms with Crippen LogP contribution < -0.4 is 15.0 Å². The summed E-state index contributed by atoms with van der Waals surface area (Å²) in [6.07, 6.45) is 1.07. The number of para-hydroxylation sites is 1. The molecule has 2 bridgehead atoms. The first-order valence-electron chi connectivity index (χ1n) is 10.8. The number of aromatic nitrogens is 2. The van der Waals surface area contributed by atoms with Gasteiger partial charge in [0, 0.05) is 11.8 Å². The number of hydrogen-bond donors (Lipinski definition) is 0. The molecule has 2 aromatic heterocycles. The molecule has 0 aliphatic carbocycles. The lowest BCUT2D eigenvalue weighted by Gasteiger charge is -2.21. The molecule has 1 aliphatic rings. The minimum atomic E-state index is -0.709. The molecular formula is C27H17N3O5. The highest BCUT2D eigenvalue weighted by Gasteiger charge is 2.32. The van der Waals surface area contributed by atoms with Gasteiger partial charge in [0.2, 0.25) is 5.88 Å². The molecule has 170 valence electrons. The topological polar surface area (TPSA) is 111 Å². The number of carbonyl (C=O) groups is 2. The van der Waals surface area contributed by atoms with Crippen molar-refractivity contribution in [2.24, 2.45) is 0 Å². The van der Waals surface area contributed by atoms with Gasteiger partial charge in [-0.15, -0.1) is 0 Å². The van der Waals surface area contributed by atoms with Crippen molar-refractivity contribution in [3.8, 4) is 45.8 Å². The van der Waals surface area contributed by atoms with E-state index in [1.165, 1.54) is 10.8 Å². The van der Waals surface area contributed by atoms with E-state index in [-0.39, 0.29) is 46.7 Å². The van der Waals surface area contributed by atoms with Gasteiger partial charge in [0.25, 0.3) is 5.56 Å². The van der Waals surface area contributed by atoms with Crippen molar-refractivity contribution >= 4 is 11.9 Å². The Morgan fingerprint density at radius 1 is 0.800 bits per heavy atom. The molecule has 0 spiro atoms. The molecule has 0 amide bonds. The Bertz CT molecular complexity index is 1550. The third-order valence-electron chi connectivity index (χ3n) is 5.50. The minimum absolute atomic E-state index is 0.0123. The van der Waals surface area contributed by atoms with Crippen molar-refractivity contribution in [1.82, 2.24) is 9.55 Å². The molecule has 3 heterocycles. The first kappa shape index (κ1) is 21.8. The van der Waals surface area contributed by atoms with Gasteiger partial charge in [-0.25, -0.2) is 4.57 Å². The van der Waals surface area contributed by atoms with Crippen LogP contribution in [0.3, 0.4) is 0 Å². The van der Waals surface area contributed by atoms with Crippen LogP contribution in [0.5, 0.6) is 11.6 Å². The van der Waals surface area contributed by atoms with Crippen LogP contribution in [-0.4, -0.2) is 21.5 Å². The van der Waals surface area contributed by atoms with Crippen LogP contribution in [0, 0.1) is 11.3 Å². The highest BCUT2D eigenvalue weighted by atomic mass is 16.6. The number of fused-ring (bicyclic) bond motifs is 2. The normalized spacial score (nSPS) is 13.0. The fourth-order valence-corrected chi connectivity index (χ4v) is 3.95. The first-order chi connectivity index (χ1) is 17.1. The van der Waals surface area contributed by atoms with Crippen molar-refractivity contribution in [2.75, 3.05) is 0 Å². The van der Waals surface area contributed by atoms with Gasteiger partial charge in [-0.2, -0.15) is 5.26 Å². The second kappa shape index (κ2) is 9.08. The predicted molar refractivity (Wildman–Crippen MR) is 126 cm³/mol. The van der Waals surface area contributed by atoms with Crippen molar-refractivity contribution in [2.45, 2.75) is 12.8 Å². The van der Waals surface area contributed by atoms with Gasteiger partial charge >= 0.3 is 11.9 Å². The summed E-state index contributed by atoms with van der Waals surface area (Å²) >= 11 is 0. The lowest BCUT2D eigenvalue weighted by Crippen LogP contribution is -2.25. The Labute approximate surface area is 199 Å². The van der Waals surface area contributed by atoms with Crippen molar-refractivity contribution in [1.29, 1.82) is 5.26 Å². The zero-order valence-corrected chi connectivity index (χ0v) is 18.3. The number of pyridine rings is 2. The summed E-state index contributed by atoms with van der Waals surface area (Å²) in [6, 6.07) is 22.3. The van der Waals surface area contributed by atoms with E-state index in [2.05, 4.69) is 11.1 Å². The van der Waals surface area contributed by atoms with Gasteiger partial charge in [0.05, 0.1) is 41.4 Å². The standard InChI is InChI=1S/C27H17N3O5/c28-16-17-8-4-5-11-19(17)23-25-24(20-12-6-7-15-29-20)27(35-22(32)14-13-21(31)34-25)30(26(23)33)18-9-2-1-3-10-18/h1-12,15H,13-14H2. The summed E-state index contributed by atoms with van der Waals surface area (Å²) < 4.78 is 12.7. The maximum absolute atomic E-state index is 14.1. The van der Waals surface area contributed by atoms with E-state index in [1.54, 1.807) is 72.8 Å². The molecule has 4 aromatic rings. The van der Waals surface area contributed by atoms with Crippen molar-refractivity contribution in [3.63, 3.8) is 0 Å². The summed E-state index contributed by atoms with van der Waals surface area (Å²) in [6.45, 7) is 0. The molecule has 0 atom stereocenters. The van der Waals surface area contributed by atoms with Gasteiger partial charge < -0.3 is 9.47 Å². The molecular weight excluding hydrogens is 446 g/mol.